The van der Waals surface area contributed by atoms with Crippen molar-refractivity contribution in [2.24, 2.45) is 0 Å². The first-order valence-corrected chi connectivity index (χ1v) is 7.87. The number of nitrogens with one attached hydrogen (secondary N) is 1. The minimum absolute atomic E-state index is 0.0869. The summed E-state index contributed by atoms with van der Waals surface area (Å²) in [6.07, 6.45) is 0. The van der Waals surface area contributed by atoms with Gasteiger partial charge in [-0.05, 0) is 37.1 Å². The van der Waals surface area contributed by atoms with E-state index in [9.17, 15) is 9.59 Å². The highest BCUT2D eigenvalue weighted by Crippen LogP contribution is 2.19. The number of rotatable bonds is 6. The van der Waals surface area contributed by atoms with Gasteiger partial charge in [-0.1, -0.05) is 42.5 Å². The molecule has 0 heterocycles. The van der Waals surface area contributed by atoms with Gasteiger partial charge in [0.1, 0.15) is 0 Å². The predicted molar refractivity (Wildman–Crippen MR) is 92.1 cm³/mol. The number of benzene rings is 2. The van der Waals surface area contributed by atoms with Crippen molar-refractivity contribution in [2.45, 2.75) is 13.8 Å². The molecule has 0 aliphatic rings. The van der Waals surface area contributed by atoms with E-state index in [0.29, 0.717) is 18.7 Å². The Morgan fingerprint density at radius 1 is 0.913 bits per heavy atom. The normalized spacial score (nSPS) is 10.2. The van der Waals surface area contributed by atoms with Crippen molar-refractivity contribution in [2.75, 3.05) is 19.6 Å². The van der Waals surface area contributed by atoms with Crippen LogP contribution in [0.15, 0.2) is 54.6 Å². The highest BCUT2D eigenvalue weighted by atomic mass is 16.2. The molecule has 0 saturated carbocycles. The topological polar surface area (TPSA) is 49.4 Å². The van der Waals surface area contributed by atoms with Gasteiger partial charge >= 0.3 is 0 Å². The van der Waals surface area contributed by atoms with Crippen molar-refractivity contribution in [3.8, 4) is 11.1 Å². The molecule has 0 bridgehead atoms. The number of hydrogen-bond donors (Lipinski definition) is 1. The lowest BCUT2D eigenvalue weighted by Crippen LogP contribution is -2.40. The average molecular weight is 310 g/mol. The average Bonchev–Trinajstić information content (AvgIpc) is 2.60. The lowest BCUT2D eigenvalue weighted by Gasteiger charge is -2.20. The minimum Gasteiger partial charge on any atom is -0.355 e. The van der Waals surface area contributed by atoms with E-state index in [-0.39, 0.29) is 18.4 Å². The van der Waals surface area contributed by atoms with E-state index in [0.717, 1.165) is 11.1 Å². The number of nitrogens with zero attached hydrogens (tertiary/aromatic N) is 1. The molecular weight excluding hydrogens is 288 g/mol. The molecule has 0 saturated heterocycles. The maximum absolute atomic E-state index is 12.5. The van der Waals surface area contributed by atoms with Crippen LogP contribution in [0.5, 0.6) is 0 Å². The molecule has 2 aromatic carbocycles. The highest BCUT2D eigenvalue weighted by Gasteiger charge is 2.16. The van der Waals surface area contributed by atoms with Crippen molar-refractivity contribution >= 4 is 11.8 Å². The zero-order chi connectivity index (χ0) is 16.7. The van der Waals surface area contributed by atoms with Gasteiger partial charge in [0.05, 0.1) is 6.54 Å². The fraction of sp³-hybridized carbons (Fsp3) is 0.263. The molecule has 23 heavy (non-hydrogen) atoms. The van der Waals surface area contributed by atoms with E-state index in [1.165, 1.54) is 0 Å². The van der Waals surface area contributed by atoms with Crippen molar-refractivity contribution in [1.82, 2.24) is 10.2 Å². The molecule has 120 valence electrons. The third-order valence-corrected chi connectivity index (χ3v) is 3.62. The molecule has 0 aromatic heterocycles. The van der Waals surface area contributed by atoms with Crippen molar-refractivity contribution in [3.63, 3.8) is 0 Å². The van der Waals surface area contributed by atoms with Gasteiger partial charge in [-0.2, -0.15) is 0 Å². The van der Waals surface area contributed by atoms with Gasteiger partial charge in [0, 0.05) is 18.7 Å². The third-order valence-electron chi connectivity index (χ3n) is 3.62. The zero-order valence-corrected chi connectivity index (χ0v) is 13.6. The molecule has 1 N–H and O–H groups in total. The second-order valence-corrected chi connectivity index (χ2v) is 5.22. The van der Waals surface area contributed by atoms with Crippen LogP contribution < -0.4 is 5.32 Å². The monoisotopic (exact) mass is 310 g/mol. The summed E-state index contributed by atoms with van der Waals surface area (Å²) in [4.78, 5) is 25.7. The minimum atomic E-state index is -0.136. The number of likely N-dealkylation sites (N-methyl/N-ethyl adjacent to an activating group) is 2. The molecular formula is C19H22N2O2. The van der Waals surface area contributed by atoms with Crippen LogP contribution in [0.1, 0.15) is 24.2 Å². The molecule has 4 nitrogen and oxygen atoms in total. The van der Waals surface area contributed by atoms with Crippen LogP contribution in [0, 0.1) is 0 Å². The Morgan fingerprint density at radius 2 is 1.52 bits per heavy atom. The molecule has 0 aliphatic heterocycles. The Kier molecular flexibility index (Phi) is 5.92. The molecule has 2 amide bonds. The molecule has 0 unspecified atom stereocenters. The van der Waals surface area contributed by atoms with Crippen LogP contribution >= 0.6 is 0 Å². The Labute approximate surface area is 137 Å². The van der Waals surface area contributed by atoms with Gasteiger partial charge in [0.15, 0.2) is 0 Å². The molecule has 0 spiro atoms. The summed E-state index contributed by atoms with van der Waals surface area (Å²) < 4.78 is 0. The standard InChI is InChI=1S/C19H22N2O2/c1-3-20-18(22)14-21(4-2)19(23)17-12-10-16(11-13-17)15-8-6-5-7-9-15/h5-13H,3-4,14H2,1-2H3,(H,20,22). The number of carbonyl (C=O) groups excluding carboxylic acids is 2. The summed E-state index contributed by atoms with van der Waals surface area (Å²) in [7, 11) is 0. The SMILES string of the molecule is CCNC(=O)CN(CC)C(=O)c1ccc(-c2ccccc2)cc1. The van der Waals surface area contributed by atoms with Crippen molar-refractivity contribution < 1.29 is 9.59 Å². The number of hydrogen-bond acceptors (Lipinski definition) is 2. The highest BCUT2D eigenvalue weighted by molar-refractivity contribution is 5.96. The summed E-state index contributed by atoms with van der Waals surface area (Å²) in [5.74, 6) is -0.262. The second-order valence-electron chi connectivity index (χ2n) is 5.22. The fourth-order valence-electron chi connectivity index (χ4n) is 2.37. The summed E-state index contributed by atoms with van der Waals surface area (Å²) in [6, 6.07) is 17.5. The van der Waals surface area contributed by atoms with Gasteiger partial charge in [-0.3, -0.25) is 9.59 Å². The smallest absolute Gasteiger partial charge is 0.254 e. The van der Waals surface area contributed by atoms with Crippen molar-refractivity contribution in [3.05, 3.63) is 60.2 Å². The summed E-state index contributed by atoms with van der Waals surface area (Å²) >= 11 is 0. The molecule has 2 aromatic rings. The Morgan fingerprint density at radius 3 is 2.09 bits per heavy atom. The maximum Gasteiger partial charge on any atom is 0.254 e. The van der Waals surface area contributed by atoms with Crippen LogP contribution in [0.25, 0.3) is 11.1 Å². The van der Waals surface area contributed by atoms with Gasteiger partial charge < -0.3 is 10.2 Å². The van der Waals surface area contributed by atoms with Crippen LogP contribution in [-0.4, -0.2) is 36.3 Å². The van der Waals surface area contributed by atoms with Crippen LogP contribution in [0.2, 0.25) is 0 Å². The predicted octanol–water partition coefficient (Wildman–Crippen LogP) is 2.95. The molecule has 0 atom stereocenters. The first-order valence-electron chi connectivity index (χ1n) is 7.87. The van der Waals surface area contributed by atoms with Gasteiger partial charge in [0.25, 0.3) is 5.91 Å². The number of carbonyl (C=O) groups is 2. The first kappa shape index (κ1) is 16.7. The van der Waals surface area contributed by atoms with E-state index in [2.05, 4.69) is 5.32 Å². The van der Waals surface area contributed by atoms with Crippen LogP contribution in [-0.2, 0) is 4.79 Å². The third kappa shape index (κ3) is 4.42. The maximum atomic E-state index is 12.5. The van der Waals surface area contributed by atoms with E-state index >= 15 is 0 Å². The van der Waals surface area contributed by atoms with E-state index in [1.807, 2.05) is 68.4 Å². The largest absolute Gasteiger partial charge is 0.355 e. The van der Waals surface area contributed by atoms with E-state index in [1.54, 1.807) is 4.90 Å². The number of amides is 2. The quantitative estimate of drug-likeness (QED) is 0.892. The summed E-state index contributed by atoms with van der Waals surface area (Å²) in [5.41, 5.74) is 2.77. The molecule has 0 fully saturated rings. The molecule has 0 aliphatic carbocycles. The van der Waals surface area contributed by atoms with Crippen molar-refractivity contribution in [1.29, 1.82) is 0 Å². The molecule has 4 heteroatoms. The fourth-order valence-corrected chi connectivity index (χ4v) is 2.37. The Hall–Kier alpha value is -2.62. The lowest BCUT2D eigenvalue weighted by molar-refractivity contribution is -0.121. The van der Waals surface area contributed by atoms with Gasteiger partial charge in [0.2, 0.25) is 5.91 Å². The second kappa shape index (κ2) is 8.13. The van der Waals surface area contributed by atoms with Crippen LogP contribution in [0.4, 0.5) is 0 Å². The van der Waals surface area contributed by atoms with Gasteiger partial charge in [-0.25, -0.2) is 0 Å². The summed E-state index contributed by atoms with van der Waals surface area (Å²) in [6.45, 7) is 4.88. The van der Waals surface area contributed by atoms with Gasteiger partial charge in [-0.15, -0.1) is 0 Å². The lowest BCUT2D eigenvalue weighted by atomic mass is 10.0. The molecule has 0 radical (unpaired) electrons. The van der Waals surface area contributed by atoms with E-state index < -0.39 is 0 Å². The Balaban J connectivity index is 2.11. The zero-order valence-electron chi connectivity index (χ0n) is 13.6. The first-order chi connectivity index (χ1) is 11.2. The van der Waals surface area contributed by atoms with E-state index in [4.69, 9.17) is 0 Å². The molecule has 2 rings (SSSR count). The summed E-state index contributed by atoms with van der Waals surface area (Å²) in [5, 5.41) is 2.71. The Bertz CT molecular complexity index is 651. The van der Waals surface area contributed by atoms with Crippen LogP contribution in [0.3, 0.4) is 0 Å².